The molecule has 2 unspecified atom stereocenters. The molecule has 3 heterocycles. The Labute approximate surface area is 209 Å². The van der Waals surface area contributed by atoms with Crippen molar-refractivity contribution in [1.29, 1.82) is 5.26 Å². The lowest BCUT2D eigenvalue weighted by atomic mass is 9.80. The smallest absolute Gasteiger partial charge is 0.304 e. The monoisotopic (exact) mass is 502 g/mol. The van der Waals surface area contributed by atoms with E-state index >= 15 is 0 Å². The van der Waals surface area contributed by atoms with Crippen LogP contribution in [-0.2, 0) is 4.79 Å². The Bertz CT molecular complexity index is 1090. The lowest BCUT2D eigenvalue weighted by Gasteiger charge is -2.47. The summed E-state index contributed by atoms with van der Waals surface area (Å²) in [7, 11) is 0. The van der Waals surface area contributed by atoms with E-state index in [9.17, 15) is 10.1 Å². The fourth-order valence-electron chi connectivity index (χ4n) is 4.82. The molecule has 0 amide bonds. The van der Waals surface area contributed by atoms with E-state index in [0.717, 1.165) is 44.6 Å². The Balaban J connectivity index is 1.39. The number of carboxylic acids is 1. The maximum Gasteiger partial charge on any atom is 0.304 e. The molecular formula is C24H28Cl2N6O2. The third-order valence-corrected chi connectivity index (χ3v) is 7.28. The van der Waals surface area contributed by atoms with Crippen LogP contribution in [0.25, 0.3) is 0 Å². The molecule has 4 rings (SSSR count). The van der Waals surface area contributed by atoms with Crippen molar-refractivity contribution in [3.63, 3.8) is 0 Å². The van der Waals surface area contributed by atoms with Crippen molar-refractivity contribution in [2.45, 2.75) is 32.2 Å². The maximum atomic E-state index is 10.9. The Kier molecular flexibility index (Phi) is 7.77. The summed E-state index contributed by atoms with van der Waals surface area (Å²) in [6, 6.07) is 7.42. The van der Waals surface area contributed by atoms with E-state index in [0.29, 0.717) is 45.8 Å². The molecule has 180 valence electrons. The summed E-state index contributed by atoms with van der Waals surface area (Å²) in [5.74, 6) is 1.46. The second-order valence-corrected chi connectivity index (χ2v) is 9.93. The number of benzene rings is 1. The number of hydrogen-bond donors (Lipinski definition) is 2. The van der Waals surface area contributed by atoms with Crippen LogP contribution < -0.4 is 10.2 Å². The summed E-state index contributed by atoms with van der Waals surface area (Å²) in [5, 5.41) is 23.0. The zero-order chi connectivity index (χ0) is 24.2. The zero-order valence-corrected chi connectivity index (χ0v) is 20.6. The van der Waals surface area contributed by atoms with Crippen LogP contribution in [0, 0.1) is 23.2 Å². The van der Waals surface area contributed by atoms with Crippen LogP contribution in [0.1, 0.15) is 43.5 Å². The normalized spacial score (nSPS) is 19.8. The largest absolute Gasteiger partial charge is 0.481 e. The molecule has 2 atom stereocenters. The minimum absolute atomic E-state index is 0.122. The van der Waals surface area contributed by atoms with Gasteiger partial charge in [0.05, 0.1) is 18.7 Å². The molecule has 2 fully saturated rings. The molecule has 0 bridgehead atoms. The highest BCUT2D eigenvalue weighted by molar-refractivity contribution is 6.35. The number of nitriles is 1. The molecule has 2 aromatic rings. The van der Waals surface area contributed by atoms with Crippen molar-refractivity contribution < 1.29 is 9.90 Å². The lowest BCUT2D eigenvalue weighted by molar-refractivity contribution is -0.137. The topological polar surface area (TPSA) is 105 Å². The van der Waals surface area contributed by atoms with Crippen molar-refractivity contribution in [2.75, 3.05) is 42.9 Å². The van der Waals surface area contributed by atoms with Gasteiger partial charge in [0.1, 0.15) is 11.9 Å². The Morgan fingerprint density at radius 3 is 2.82 bits per heavy atom. The highest BCUT2D eigenvalue weighted by Gasteiger charge is 2.37. The Morgan fingerprint density at radius 2 is 2.12 bits per heavy atom. The van der Waals surface area contributed by atoms with Gasteiger partial charge in [-0.15, -0.1) is 0 Å². The first kappa shape index (κ1) is 24.5. The van der Waals surface area contributed by atoms with Gasteiger partial charge >= 0.3 is 5.97 Å². The first-order valence-corrected chi connectivity index (χ1v) is 12.3. The predicted octanol–water partition coefficient (Wildman–Crippen LogP) is 4.45. The number of aromatic nitrogens is 2. The summed E-state index contributed by atoms with van der Waals surface area (Å²) >= 11 is 12.4. The van der Waals surface area contributed by atoms with Crippen LogP contribution in [0.5, 0.6) is 0 Å². The first-order chi connectivity index (χ1) is 16.3. The highest BCUT2D eigenvalue weighted by Crippen LogP contribution is 2.35. The number of carboxylic acid groups (broad SMARTS) is 1. The van der Waals surface area contributed by atoms with Gasteiger partial charge < -0.3 is 20.2 Å². The number of nitrogens with one attached hydrogen (secondary N) is 1. The number of anilines is 2. The number of likely N-dealkylation sites (tertiary alicyclic amines) is 1. The molecule has 0 aliphatic carbocycles. The number of aliphatic carboxylic acids is 1. The fourth-order valence-corrected chi connectivity index (χ4v) is 5.39. The lowest BCUT2D eigenvalue weighted by Crippen LogP contribution is -2.54. The predicted molar refractivity (Wildman–Crippen MR) is 132 cm³/mol. The van der Waals surface area contributed by atoms with Crippen molar-refractivity contribution in [1.82, 2.24) is 14.9 Å². The van der Waals surface area contributed by atoms with Crippen molar-refractivity contribution >= 4 is 40.8 Å². The molecule has 2 saturated heterocycles. The van der Waals surface area contributed by atoms with Gasteiger partial charge in [0.15, 0.2) is 11.5 Å². The average molecular weight is 503 g/mol. The SMILES string of the molecule is CC(Nc1cnc(C#N)c(N2CC(C3CCCN(CCC(=O)O)C3)C2)n1)c1ccc(Cl)cc1Cl. The van der Waals surface area contributed by atoms with Crippen LogP contribution in [0.4, 0.5) is 11.6 Å². The fraction of sp³-hybridized carbons (Fsp3) is 0.500. The third kappa shape index (κ3) is 5.72. The van der Waals surface area contributed by atoms with Gasteiger partial charge in [0.2, 0.25) is 0 Å². The van der Waals surface area contributed by atoms with E-state index < -0.39 is 5.97 Å². The maximum absolute atomic E-state index is 10.9. The molecule has 1 aromatic heterocycles. The summed E-state index contributed by atoms with van der Waals surface area (Å²) in [6.45, 7) is 6.13. The minimum Gasteiger partial charge on any atom is -0.481 e. The number of hydrogen-bond acceptors (Lipinski definition) is 7. The van der Waals surface area contributed by atoms with Crippen LogP contribution in [-0.4, -0.2) is 58.7 Å². The molecule has 0 saturated carbocycles. The van der Waals surface area contributed by atoms with Gasteiger partial charge in [-0.05, 0) is 55.8 Å². The van der Waals surface area contributed by atoms with Gasteiger partial charge in [-0.25, -0.2) is 9.97 Å². The first-order valence-electron chi connectivity index (χ1n) is 11.5. The molecule has 1 aromatic carbocycles. The van der Waals surface area contributed by atoms with E-state index in [1.54, 1.807) is 18.3 Å². The van der Waals surface area contributed by atoms with Crippen LogP contribution in [0.15, 0.2) is 24.4 Å². The van der Waals surface area contributed by atoms with E-state index in [2.05, 4.69) is 26.2 Å². The third-order valence-electron chi connectivity index (χ3n) is 6.71. The summed E-state index contributed by atoms with van der Waals surface area (Å²) in [4.78, 5) is 24.3. The zero-order valence-electron chi connectivity index (χ0n) is 19.0. The second-order valence-electron chi connectivity index (χ2n) is 9.08. The molecule has 0 radical (unpaired) electrons. The molecular weight excluding hydrogens is 475 g/mol. The summed E-state index contributed by atoms with van der Waals surface area (Å²) in [5.41, 5.74) is 1.21. The van der Waals surface area contributed by atoms with Crippen molar-refractivity contribution in [3.8, 4) is 6.07 Å². The second kappa shape index (κ2) is 10.8. The van der Waals surface area contributed by atoms with Crippen LogP contribution in [0.2, 0.25) is 10.0 Å². The molecule has 2 aliphatic rings. The van der Waals surface area contributed by atoms with E-state index in [-0.39, 0.29) is 12.5 Å². The quantitative estimate of drug-likeness (QED) is 0.545. The van der Waals surface area contributed by atoms with Crippen LogP contribution >= 0.6 is 23.2 Å². The van der Waals surface area contributed by atoms with Gasteiger partial charge in [-0.1, -0.05) is 29.3 Å². The average Bonchev–Trinajstić information content (AvgIpc) is 2.77. The molecule has 2 N–H and O–H groups in total. The van der Waals surface area contributed by atoms with E-state index in [1.165, 1.54) is 0 Å². The number of halogens is 2. The molecule has 8 nitrogen and oxygen atoms in total. The van der Waals surface area contributed by atoms with Crippen molar-refractivity contribution in [2.24, 2.45) is 11.8 Å². The van der Waals surface area contributed by atoms with Gasteiger partial charge in [0, 0.05) is 36.2 Å². The van der Waals surface area contributed by atoms with Gasteiger partial charge in [-0.3, -0.25) is 4.79 Å². The number of carbonyl (C=O) groups is 1. The molecule has 2 aliphatic heterocycles. The summed E-state index contributed by atoms with van der Waals surface area (Å²) < 4.78 is 0. The van der Waals surface area contributed by atoms with Crippen LogP contribution in [0.3, 0.4) is 0 Å². The van der Waals surface area contributed by atoms with Gasteiger partial charge in [0.25, 0.3) is 0 Å². The van der Waals surface area contributed by atoms with E-state index in [4.69, 9.17) is 33.3 Å². The summed E-state index contributed by atoms with van der Waals surface area (Å²) in [6.07, 6.45) is 4.00. The van der Waals surface area contributed by atoms with Gasteiger partial charge in [-0.2, -0.15) is 5.26 Å². The highest BCUT2D eigenvalue weighted by atomic mass is 35.5. The Morgan fingerprint density at radius 1 is 1.32 bits per heavy atom. The number of rotatable bonds is 8. The molecule has 34 heavy (non-hydrogen) atoms. The van der Waals surface area contributed by atoms with Crippen molar-refractivity contribution in [3.05, 3.63) is 45.7 Å². The minimum atomic E-state index is -0.749. The standard InChI is InChI=1S/C24H28Cl2N6O2/c1-15(19-5-4-18(25)9-20(19)26)29-22-11-28-21(10-27)24(30-22)32-13-17(14-32)16-3-2-7-31(12-16)8-6-23(33)34/h4-5,9,11,15-17H,2-3,6-8,12-14H2,1H3,(H,29,30)(H,33,34). The van der Waals surface area contributed by atoms with E-state index in [1.807, 2.05) is 13.0 Å². The number of piperidine rings is 1. The number of nitrogens with zero attached hydrogens (tertiary/aromatic N) is 5. The molecule has 0 spiro atoms. The molecule has 10 heteroatoms. The Hall–Kier alpha value is -2.60.